The highest BCUT2D eigenvalue weighted by molar-refractivity contribution is 5.89. The van der Waals surface area contributed by atoms with Crippen LogP contribution in [0, 0.1) is 5.92 Å². The smallest absolute Gasteiger partial charge is 0.268 e. The molecule has 0 unspecified atom stereocenters. The number of aromatic nitrogens is 2. The number of carbonyl (C=O) groups excluding carboxylic acids is 3. The molecule has 3 amide bonds. The van der Waals surface area contributed by atoms with Gasteiger partial charge >= 0.3 is 0 Å². The van der Waals surface area contributed by atoms with Crippen molar-refractivity contribution >= 4 is 17.7 Å². The Bertz CT molecular complexity index is 1280. The van der Waals surface area contributed by atoms with Crippen LogP contribution in [0.3, 0.4) is 0 Å². The van der Waals surface area contributed by atoms with Gasteiger partial charge in [0.25, 0.3) is 11.8 Å². The molecular weight excluding hydrogens is 558 g/mol. The lowest BCUT2D eigenvalue weighted by atomic mass is 10.0. The molecule has 10 heteroatoms. The fourth-order valence-corrected chi connectivity index (χ4v) is 5.17. The second kappa shape index (κ2) is 17.3. The lowest BCUT2D eigenvalue weighted by Gasteiger charge is -2.40. The average molecular weight is 604 g/mol. The third kappa shape index (κ3) is 10.3. The number of imidazole rings is 1. The number of carbonyl (C=O) groups is 3. The van der Waals surface area contributed by atoms with E-state index >= 15 is 0 Å². The van der Waals surface area contributed by atoms with Crippen molar-refractivity contribution < 1.29 is 24.0 Å². The lowest BCUT2D eigenvalue weighted by Crippen LogP contribution is -2.59. The van der Waals surface area contributed by atoms with Gasteiger partial charge in [0.1, 0.15) is 12.6 Å². The van der Waals surface area contributed by atoms with Gasteiger partial charge in [-0.1, -0.05) is 74.5 Å². The van der Waals surface area contributed by atoms with E-state index in [0.29, 0.717) is 38.7 Å². The highest BCUT2D eigenvalue weighted by Crippen LogP contribution is 2.21. The van der Waals surface area contributed by atoms with Crippen LogP contribution >= 0.6 is 0 Å². The SMILES string of the molecule is CC(C)CCC(=O)N([C@@H](CCCc1ccccc1)C(=O)NO[C@@H]1CCCCO1)N(Cc1ccccc1)C(=O)Cn1ccnc1. The first-order valence-corrected chi connectivity index (χ1v) is 15.6. The topological polar surface area (TPSA) is 106 Å². The molecule has 4 rings (SSSR count). The van der Waals surface area contributed by atoms with Crippen molar-refractivity contribution in [3.63, 3.8) is 0 Å². The predicted molar refractivity (Wildman–Crippen MR) is 166 cm³/mol. The van der Waals surface area contributed by atoms with E-state index in [0.717, 1.165) is 24.0 Å². The molecule has 2 atom stereocenters. The second-order valence-electron chi connectivity index (χ2n) is 11.6. The summed E-state index contributed by atoms with van der Waals surface area (Å²) < 4.78 is 7.31. The minimum Gasteiger partial charge on any atom is -0.350 e. The largest absolute Gasteiger partial charge is 0.350 e. The highest BCUT2D eigenvalue weighted by Gasteiger charge is 2.37. The van der Waals surface area contributed by atoms with E-state index in [4.69, 9.17) is 9.57 Å². The monoisotopic (exact) mass is 603 g/mol. The molecule has 0 aliphatic carbocycles. The summed E-state index contributed by atoms with van der Waals surface area (Å²) in [5.74, 6) is -0.842. The van der Waals surface area contributed by atoms with Gasteiger partial charge < -0.3 is 9.30 Å². The van der Waals surface area contributed by atoms with Crippen LogP contribution in [0.2, 0.25) is 0 Å². The Morgan fingerprint density at radius 2 is 1.73 bits per heavy atom. The molecule has 44 heavy (non-hydrogen) atoms. The summed E-state index contributed by atoms with van der Waals surface area (Å²) in [6.45, 7) is 4.74. The van der Waals surface area contributed by atoms with E-state index in [9.17, 15) is 14.4 Å². The molecule has 3 aromatic rings. The number of rotatable bonds is 15. The third-order valence-electron chi connectivity index (χ3n) is 7.60. The maximum absolute atomic E-state index is 14.1. The molecule has 1 aliphatic heterocycles. The van der Waals surface area contributed by atoms with Crippen molar-refractivity contribution in [3.05, 3.63) is 90.5 Å². The lowest BCUT2D eigenvalue weighted by molar-refractivity contribution is -0.206. The summed E-state index contributed by atoms with van der Waals surface area (Å²) in [7, 11) is 0. The third-order valence-corrected chi connectivity index (χ3v) is 7.60. The van der Waals surface area contributed by atoms with Gasteiger partial charge in [-0.3, -0.25) is 14.4 Å². The summed E-state index contributed by atoms with van der Waals surface area (Å²) in [6.07, 6.45) is 9.33. The molecule has 0 bridgehead atoms. The van der Waals surface area contributed by atoms with Crippen LogP contribution in [-0.4, -0.2) is 56.2 Å². The molecule has 10 nitrogen and oxygen atoms in total. The normalized spacial score (nSPS) is 15.5. The van der Waals surface area contributed by atoms with Crippen molar-refractivity contribution in [2.24, 2.45) is 5.92 Å². The number of hydroxylamine groups is 1. The molecule has 2 aromatic carbocycles. The quantitative estimate of drug-likeness (QED) is 0.244. The molecule has 1 aromatic heterocycles. The minimum atomic E-state index is -0.989. The average Bonchev–Trinajstić information content (AvgIpc) is 3.56. The standard InChI is InChI=1S/C34H45N5O5/c1-27(2)19-20-31(40)39(38(24-29-14-7-4-8-15-29)32(41)25-37-22-21-35-26-37)30(17-11-16-28-12-5-3-6-13-28)34(42)36-44-33-18-9-10-23-43-33/h3-8,12-15,21-22,26-27,30,33H,9-11,16-20,23-25H2,1-2H3,(H,36,42)/t30-,33+/m0/s1. The van der Waals surface area contributed by atoms with Gasteiger partial charge in [0.15, 0.2) is 6.29 Å². The first-order chi connectivity index (χ1) is 21.4. The number of aryl methyl sites for hydroxylation is 1. The van der Waals surface area contributed by atoms with Gasteiger partial charge in [-0.2, -0.15) is 0 Å². The first kappa shape index (κ1) is 32.9. The Kier molecular flexibility index (Phi) is 12.9. The zero-order chi connectivity index (χ0) is 31.1. The zero-order valence-corrected chi connectivity index (χ0v) is 25.8. The molecule has 1 saturated heterocycles. The molecule has 1 aliphatic rings. The molecule has 236 valence electrons. The van der Waals surface area contributed by atoms with Crippen LogP contribution in [-0.2, 0) is 43.5 Å². The van der Waals surface area contributed by atoms with Crippen molar-refractivity contribution in [2.75, 3.05) is 6.61 Å². The summed E-state index contributed by atoms with van der Waals surface area (Å²) >= 11 is 0. The van der Waals surface area contributed by atoms with E-state index in [1.54, 1.807) is 23.3 Å². The van der Waals surface area contributed by atoms with Gasteiger partial charge in [0, 0.05) is 31.8 Å². The number of benzene rings is 2. The van der Waals surface area contributed by atoms with E-state index in [1.807, 2.05) is 74.5 Å². The fourth-order valence-electron chi connectivity index (χ4n) is 5.17. The molecular formula is C34H45N5O5. The highest BCUT2D eigenvalue weighted by atomic mass is 16.8. The number of nitrogens with zero attached hydrogens (tertiary/aromatic N) is 4. The summed E-state index contributed by atoms with van der Waals surface area (Å²) in [5, 5.41) is 2.82. The van der Waals surface area contributed by atoms with Gasteiger partial charge in [0.05, 0.1) is 12.9 Å². The van der Waals surface area contributed by atoms with Gasteiger partial charge in [-0.15, -0.1) is 0 Å². The summed E-state index contributed by atoms with van der Waals surface area (Å²) in [4.78, 5) is 51.9. The van der Waals surface area contributed by atoms with Crippen LogP contribution in [0.1, 0.15) is 69.9 Å². The van der Waals surface area contributed by atoms with Crippen molar-refractivity contribution in [1.82, 2.24) is 25.0 Å². The van der Waals surface area contributed by atoms with Crippen molar-refractivity contribution in [1.29, 1.82) is 0 Å². The van der Waals surface area contributed by atoms with Crippen LogP contribution in [0.4, 0.5) is 0 Å². The van der Waals surface area contributed by atoms with Crippen molar-refractivity contribution in [3.8, 4) is 0 Å². The molecule has 0 radical (unpaired) electrons. The van der Waals surface area contributed by atoms with Crippen LogP contribution < -0.4 is 5.48 Å². The zero-order valence-electron chi connectivity index (χ0n) is 25.8. The van der Waals surface area contributed by atoms with E-state index in [-0.39, 0.29) is 37.2 Å². The van der Waals surface area contributed by atoms with Crippen LogP contribution in [0.5, 0.6) is 0 Å². The van der Waals surface area contributed by atoms with E-state index < -0.39 is 18.2 Å². The molecule has 0 saturated carbocycles. The van der Waals surface area contributed by atoms with Gasteiger partial charge in [-0.05, 0) is 55.6 Å². The number of ether oxygens (including phenoxy) is 1. The van der Waals surface area contributed by atoms with Crippen molar-refractivity contribution in [2.45, 2.75) is 90.6 Å². The number of hydrogen-bond donors (Lipinski definition) is 1. The first-order valence-electron chi connectivity index (χ1n) is 15.6. The van der Waals surface area contributed by atoms with E-state index in [2.05, 4.69) is 10.5 Å². The summed E-state index contributed by atoms with van der Waals surface area (Å²) in [5.41, 5.74) is 4.56. The van der Waals surface area contributed by atoms with Crippen LogP contribution in [0.25, 0.3) is 0 Å². The molecule has 0 spiro atoms. The minimum absolute atomic E-state index is 0.0361. The predicted octanol–water partition coefficient (Wildman–Crippen LogP) is 5.06. The molecule has 1 fully saturated rings. The number of hydrazine groups is 1. The summed E-state index contributed by atoms with van der Waals surface area (Å²) in [6, 6.07) is 18.5. The molecule has 2 heterocycles. The fraction of sp³-hybridized carbons (Fsp3) is 0.471. The number of hydrogen-bond acceptors (Lipinski definition) is 6. The maximum atomic E-state index is 14.1. The van der Waals surface area contributed by atoms with E-state index in [1.165, 1.54) is 10.0 Å². The second-order valence-corrected chi connectivity index (χ2v) is 11.6. The Hall–Kier alpha value is -4.02. The molecule has 1 N–H and O–H groups in total. The number of nitrogens with one attached hydrogen (secondary N) is 1. The Labute approximate surface area is 260 Å². The Morgan fingerprint density at radius 3 is 2.36 bits per heavy atom. The Morgan fingerprint density at radius 1 is 1.00 bits per heavy atom. The Balaban J connectivity index is 1.66. The van der Waals surface area contributed by atoms with Gasteiger partial charge in [-0.25, -0.2) is 25.3 Å². The van der Waals surface area contributed by atoms with Crippen LogP contribution in [0.15, 0.2) is 79.4 Å². The van der Waals surface area contributed by atoms with Gasteiger partial charge in [0.2, 0.25) is 5.91 Å². The number of amides is 3. The maximum Gasteiger partial charge on any atom is 0.268 e.